The smallest absolute Gasteiger partial charge is 0.308 e. The molecule has 0 saturated carbocycles. The molecule has 0 radical (unpaired) electrons. The number of aliphatic carboxylic acids is 1. The molecular formula is C11H15NO2. The van der Waals surface area contributed by atoms with E-state index >= 15 is 0 Å². The lowest BCUT2D eigenvalue weighted by molar-refractivity contribution is -0.140. The Bertz CT molecular complexity index is 297. The van der Waals surface area contributed by atoms with Crippen LogP contribution in [0.25, 0.3) is 0 Å². The van der Waals surface area contributed by atoms with Gasteiger partial charge in [-0.3, -0.25) is 4.79 Å². The monoisotopic (exact) mass is 193 g/mol. The second kappa shape index (κ2) is 4.65. The van der Waals surface area contributed by atoms with Gasteiger partial charge in [0.25, 0.3) is 0 Å². The summed E-state index contributed by atoms with van der Waals surface area (Å²) >= 11 is 0. The second-order valence-electron chi connectivity index (χ2n) is 3.46. The predicted molar refractivity (Wildman–Crippen MR) is 56.5 cm³/mol. The van der Waals surface area contributed by atoms with Crippen LogP contribution in [-0.2, 0) is 4.79 Å². The highest BCUT2D eigenvalue weighted by Gasteiger charge is 2.13. The number of carboxylic acid groups (broad SMARTS) is 1. The quantitative estimate of drug-likeness (QED) is 0.793. The Morgan fingerprint density at radius 2 is 2.00 bits per heavy atom. The first kappa shape index (κ1) is 10.6. The van der Waals surface area contributed by atoms with E-state index in [2.05, 4.69) is 0 Å². The van der Waals surface area contributed by atoms with Crippen molar-refractivity contribution in [2.45, 2.75) is 6.92 Å². The van der Waals surface area contributed by atoms with E-state index in [0.717, 1.165) is 5.69 Å². The summed E-state index contributed by atoms with van der Waals surface area (Å²) in [4.78, 5) is 12.6. The molecule has 0 spiro atoms. The molecule has 0 amide bonds. The molecule has 3 nitrogen and oxygen atoms in total. The van der Waals surface area contributed by atoms with Crippen LogP contribution >= 0.6 is 0 Å². The van der Waals surface area contributed by atoms with Crippen LogP contribution in [0.1, 0.15) is 6.92 Å². The second-order valence-corrected chi connectivity index (χ2v) is 3.46. The van der Waals surface area contributed by atoms with Crippen LogP contribution in [0.15, 0.2) is 30.3 Å². The fourth-order valence-electron chi connectivity index (χ4n) is 1.28. The van der Waals surface area contributed by atoms with Crippen molar-refractivity contribution in [3.8, 4) is 0 Å². The summed E-state index contributed by atoms with van der Waals surface area (Å²) in [5.74, 6) is -1.10. The molecular weight excluding hydrogens is 178 g/mol. The van der Waals surface area contributed by atoms with Gasteiger partial charge in [-0.25, -0.2) is 0 Å². The number of benzene rings is 1. The summed E-state index contributed by atoms with van der Waals surface area (Å²) in [6, 6.07) is 9.76. The minimum Gasteiger partial charge on any atom is -0.481 e. The minimum absolute atomic E-state index is 0.347. The van der Waals surface area contributed by atoms with Gasteiger partial charge >= 0.3 is 5.97 Å². The normalized spacial score (nSPS) is 12.1. The summed E-state index contributed by atoms with van der Waals surface area (Å²) in [5.41, 5.74) is 1.04. The third-order valence-electron chi connectivity index (χ3n) is 2.17. The Labute approximate surface area is 84.0 Å². The molecule has 1 aromatic carbocycles. The van der Waals surface area contributed by atoms with Crippen LogP contribution in [-0.4, -0.2) is 24.7 Å². The van der Waals surface area contributed by atoms with E-state index in [1.807, 2.05) is 42.3 Å². The van der Waals surface area contributed by atoms with Crippen molar-refractivity contribution in [1.29, 1.82) is 0 Å². The van der Waals surface area contributed by atoms with Crippen molar-refractivity contribution in [3.63, 3.8) is 0 Å². The molecule has 0 aliphatic heterocycles. The third-order valence-corrected chi connectivity index (χ3v) is 2.17. The van der Waals surface area contributed by atoms with Crippen LogP contribution in [0.3, 0.4) is 0 Å². The molecule has 0 fully saturated rings. The Hall–Kier alpha value is -1.51. The van der Waals surface area contributed by atoms with Gasteiger partial charge in [0.1, 0.15) is 0 Å². The molecule has 1 rings (SSSR count). The van der Waals surface area contributed by atoms with Gasteiger partial charge in [0.2, 0.25) is 0 Å². The van der Waals surface area contributed by atoms with Gasteiger partial charge in [-0.1, -0.05) is 25.1 Å². The van der Waals surface area contributed by atoms with Gasteiger partial charge in [-0.2, -0.15) is 0 Å². The highest BCUT2D eigenvalue weighted by atomic mass is 16.4. The highest BCUT2D eigenvalue weighted by Crippen LogP contribution is 2.12. The lowest BCUT2D eigenvalue weighted by Gasteiger charge is -2.21. The standard InChI is InChI=1S/C11H15NO2/c1-9(11(13)14)8-12(2)10-6-4-3-5-7-10/h3-7,9H,8H2,1-2H3,(H,13,14). The van der Waals surface area contributed by atoms with Crippen LogP contribution in [0.5, 0.6) is 0 Å². The minimum atomic E-state index is -0.757. The topological polar surface area (TPSA) is 40.5 Å². The maximum atomic E-state index is 10.6. The van der Waals surface area contributed by atoms with Crippen LogP contribution in [0.2, 0.25) is 0 Å². The Kier molecular flexibility index (Phi) is 3.51. The highest BCUT2D eigenvalue weighted by molar-refractivity contribution is 5.70. The number of rotatable bonds is 4. The Morgan fingerprint density at radius 3 is 2.50 bits per heavy atom. The number of hydrogen-bond donors (Lipinski definition) is 1. The molecule has 1 unspecified atom stereocenters. The first-order valence-electron chi connectivity index (χ1n) is 4.60. The molecule has 0 aliphatic rings. The number of hydrogen-bond acceptors (Lipinski definition) is 2. The van der Waals surface area contributed by atoms with Crippen molar-refractivity contribution in [1.82, 2.24) is 0 Å². The Balaban J connectivity index is 2.59. The molecule has 0 heterocycles. The van der Waals surface area contributed by atoms with Crippen molar-refractivity contribution in [3.05, 3.63) is 30.3 Å². The SMILES string of the molecule is CC(CN(C)c1ccccc1)C(=O)O. The van der Waals surface area contributed by atoms with Crippen molar-refractivity contribution < 1.29 is 9.90 Å². The zero-order chi connectivity index (χ0) is 10.6. The van der Waals surface area contributed by atoms with Crippen LogP contribution < -0.4 is 4.90 Å². The molecule has 76 valence electrons. The van der Waals surface area contributed by atoms with Gasteiger partial charge in [0.15, 0.2) is 0 Å². The number of carboxylic acids is 1. The van der Waals surface area contributed by atoms with E-state index in [1.165, 1.54) is 0 Å². The van der Waals surface area contributed by atoms with Crippen molar-refractivity contribution in [2.24, 2.45) is 5.92 Å². The average Bonchev–Trinajstić information content (AvgIpc) is 2.19. The predicted octanol–water partition coefficient (Wildman–Crippen LogP) is 1.84. The fraction of sp³-hybridized carbons (Fsp3) is 0.364. The zero-order valence-corrected chi connectivity index (χ0v) is 8.47. The fourth-order valence-corrected chi connectivity index (χ4v) is 1.28. The van der Waals surface area contributed by atoms with E-state index in [9.17, 15) is 4.79 Å². The van der Waals surface area contributed by atoms with Gasteiger partial charge in [-0.15, -0.1) is 0 Å². The zero-order valence-electron chi connectivity index (χ0n) is 8.47. The number of para-hydroxylation sites is 1. The maximum Gasteiger partial charge on any atom is 0.308 e. The van der Waals surface area contributed by atoms with E-state index in [1.54, 1.807) is 6.92 Å². The molecule has 1 aromatic rings. The van der Waals surface area contributed by atoms with Gasteiger partial charge in [0.05, 0.1) is 5.92 Å². The third kappa shape index (κ3) is 2.76. The summed E-state index contributed by atoms with van der Waals surface area (Å²) < 4.78 is 0. The number of anilines is 1. The lowest BCUT2D eigenvalue weighted by Crippen LogP contribution is -2.28. The Morgan fingerprint density at radius 1 is 1.43 bits per heavy atom. The molecule has 0 bridgehead atoms. The van der Waals surface area contributed by atoms with E-state index in [-0.39, 0.29) is 5.92 Å². The molecule has 0 aromatic heterocycles. The molecule has 0 saturated heterocycles. The summed E-state index contributed by atoms with van der Waals surface area (Å²) in [6.07, 6.45) is 0. The van der Waals surface area contributed by atoms with E-state index in [0.29, 0.717) is 6.54 Å². The first-order valence-corrected chi connectivity index (χ1v) is 4.60. The van der Waals surface area contributed by atoms with Crippen molar-refractivity contribution >= 4 is 11.7 Å². The molecule has 1 N–H and O–H groups in total. The van der Waals surface area contributed by atoms with Gasteiger partial charge in [0, 0.05) is 19.3 Å². The van der Waals surface area contributed by atoms with Gasteiger partial charge in [-0.05, 0) is 12.1 Å². The van der Waals surface area contributed by atoms with Crippen molar-refractivity contribution in [2.75, 3.05) is 18.5 Å². The summed E-state index contributed by atoms with van der Waals surface area (Å²) in [7, 11) is 1.90. The largest absolute Gasteiger partial charge is 0.481 e. The number of nitrogens with zero attached hydrogens (tertiary/aromatic N) is 1. The summed E-state index contributed by atoms with van der Waals surface area (Å²) in [6.45, 7) is 2.24. The number of carbonyl (C=O) groups is 1. The lowest BCUT2D eigenvalue weighted by atomic mass is 10.1. The first-order chi connectivity index (χ1) is 6.61. The molecule has 14 heavy (non-hydrogen) atoms. The van der Waals surface area contributed by atoms with Crippen LogP contribution in [0, 0.1) is 5.92 Å². The molecule has 1 atom stereocenters. The summed E-state index contributed by atoms with van der Waals surface area (Å²) in [5, 5.41) is 8.75. The van der Waals surface area contributed by atoms with Crippen LogP contribution in [0.4, 0.5) is 5.69 Å². The van der Waals surface area contributed by atoms with E-state index in [4.69, 9.17) is 5.11 Å². The van der Waals surface area contributed by atoms with Gasteiger partial charge < -0.3 is 10.0 Å². The maximum absolute atomic E-state index is 10.6. The average molecular weight is 193 g/mol. The molecule has 0 aliphatic carbocycles. The van der Waals surface area contributed by atoms with E-state index < -0.39 is 5.97 Å². The molecule has 3 heteroatoms.